The maximum Gasteiger partial charge on any atom is 0.338 e. The highest BCUT2D eigenvalue weighted by atomic mass is 32.2. The summed E-state index contributed by atoms with van der Waals surface area (Å²) in [5, 5.41) is 10.9. The normalized spacial score (nSPS) is 11.0. The molecule has 0 saturated heterocycles. The SMILES string of the molecule is Cc1nc(Sc2nc3ccccc3cc2C(=O)O)oc1C. The first-order chi connectivity index (χ1) is 10.0. The Balaban J connectivity index is 2.11. The summed E-state index contributed by atoms with van der Waals surface area (Å²) in [6, 6.07) is 9.02. The van der Waals surface area contributed by atoms with Gasteiger partial charge in [-0.05, 0) is 37.7 Å². The molecule has 3 rings (SSSR count). The van der Waals surface area contributed by atoms with E-state index in [2.05, 4.69) is 9.97 Å². The third kappa shape index (κ3) is 2.62. The molecule has 2 aromatic heterocycles. The fourth-order valence-electron chi connectivity index (χ4n) is 1.90. The minimum atomic E-state index is -1.02. The van der Waals surface area contributed by atoms with Gasteiger partial charge in [0.2, 0.25) is 0 Å². The summed E-state index contributed by atoms with van der Waals surface area (Å²) in [5.41, 5.74) is 1.67. The van der Waals surface area contributed by atoms with E-state index in [9.17, 15) is 9.90 Å². The van der Waals surface area contributed by atoms with Crippen LogP contribution in [0.3, 0.4) is 0 Å². The number of nitrogens with zero attached hydrogens (tertiary/aromatic N) is 2. The molecule has 0 unspecified atom stereocenters. The lowest BCUT2D eigenvalue weighted by molar-refractivity contribution is 0.0692. The number of para-hydroxylation sites is 1. The zero-order chi connectivity index (χ0) is 15.0. The van der Waals surface area contributed by atoms with Crippen LogP contribution in [-0.2, 0) is 0 Å². The molecule has 106 valence electrons. The monoisotopic (exact) mass is 300 g/mol. The van der Waals surface area contributed by atoms with Gasteiger partial charge in [-0.25, -0.2) is 14.8 Å². The predicted octanol–water partition coefficient (Wildman–Crippen LogP) is 3.69. The highest BCUT2D eigenvalue weighted by Crippen LogP contribution is 2.31. The van der Waals surface area contributed by atoms with Crippen LogP contribution in [0.4, 0.5) is 0 Å². The van der Waals surface area contributed by atoms with Crippen molar-refractivity contribution in [3.05, 3.63) is 47.3 Å². The number of pyridine rings is 1. The molecule has 0 aliphatic carbocycles. The molecule has 0 aliphatic rings. The molecule has 0 spiro atoms. The number of aromatic carboxylic acids is 1. The van der Waals surface area contributed by atoms with E-state index >= 15 is 0 Å². The van der Waals surface area contributed by atoms with Crippen molar-refractivity contribution in [2.75, 3.05) is 0 Å². The van der Waals surface area contributed by atoms with E-state index < -0.39 is 5.97 Å². The highest BCUT2D eigenvalue weighted by molar-refractivity contribution is 7.99. The average molecular weight is 300 g/mol. The largest absolute Gasteiger partial charge is 0.478 e. The number of benzene rings is 1. The van der Waals surface area contributed by atoms with Gasteiger partial charge in [0.1, 0.15) is 10.8 Å². The molecular weight excluding hydrogens is 288 g/mol. The third-order valence-electron chi connectivity index (χ3n) is 3.11. The van der Waals surface area contributed by atoms with Crippen molar-refractivity contribution in [2.24, 2.45) is 0 Å². The van der Waals surface area contributed by atoms with Crippen molar-refractivity contribution in [3.8, 4) is 0 Å². The Bertz CT molecular complexity index is 823. The van der Waals surface area contributed by atoms with Crippen LogP contribution in [-0.4, -0.2) is 21.0 Å². The van der Waals surface area contributed by atoms with Gasteiger partial charge < -0.3 is 9.52 Å². The summed E-state index contributed by atoms with van der Waals surface area (Å²) in [6.45, 7) is 3.66. The Labute approximate surface area is 125 Å². The molecule has 1 N–H and O–H groups in total. The summed E-state index contributed by atoms with van der Waals surface area (Å²) in [6.07, 6.45) is 0. The van der Waals surface area contributed by atoms with E-state index in [1.54, 1.807) is 6.07 Å². The summed E-state index contributed by atoms with van der Waals surface area (Å²) in [7, 11) is 0. The lowest BCUT2D eigenvalue weighted by Gasteiger charge is -2.05. The van der Waals surface area contributed by atoms with Crippen molar-refractivity contribution in [3.63, 3.8) is 0 Å². The van der Waals surface area contributed by atoms with Gasteiger partial charge in [-0.1, -0.05) is 18.2 Å². The number of fused-ring (bicyclic) bond motifs is 1. The summed E-state index contributed by atoms with van der Waals surface area (Å²) >= 11 is 1.12. The zero-order valence-corrected chi connectivity index (χ0v) is 12.3. The predicted molar refractivity (Wildman–Crippen MR) is 78.8 cm³/mol. The summed E-state index contributed by atoms with van der Waals surface area (Å²) < 4.78 is 5.48. The maximum absolute atomic E-state index is 11.4. The molecule has 0 amide bonds. The van der Waals surface area contributed by atoms with Crippen LogP contribution in [0.1, 0.15) is 21.8 Å². The molecular formula is C15H12N2O3S. The van der Waals surface area contributed by atoms with Crippen LogP contribution in [0, 0.1) is 13.8 Å². The second-order valence-electron chi connectivity index (χ2n) is 4.56. The smallest absolute Gasteiger partial charge is 0.338 e. The van der Waals surface area contributed by atoms with E-state index in [1.807, 2.05) is 38.1 Å². The Morgan fingerprint density at radius 1 is 1.24 bits per heavy atom. The minimum absolute atomic E-state index is 0.146. The third-order valence-corrected chi connectivity index (χ3v) is 3.97. The lowest BCUT2D eigenvalue weighted by atomic mass is 10.1. The number of oxazole rings is 1. The van der Waals surface area contributed by atoms with E-state index in [4.69, 9.17) is 4.42 Å². The van der Waals surface area contributed by atoms with Gasteiger partial charge >= 0.3 is 5.97 Å². The summed E-state index contributed by atoms with van der Waals surface area (Å²) in [5.74, 6) is -0.300. The molecule has 0 bridgehead atoms. The molecule has 5 nitrogen and oxygen atoms in total. The van der Waals surface area contributed by atoms with Crippen LogP contribution in [0.15, 0.2) is 45.0 Å². The van der Waals surface area contributed by atoms with Crippen molar-refractivity contribution >= 4 is 28.6 Å². The molecule has 0 aliphatic heterocycles. The van der Waals surface area contributed by atoms with E-state index in [-0.39, 0.29) is 5.56 Å². The van der Waals surface area contributed by atoms with E-state index in [0.29, 0.717) is 10.2 Å². The first kappa shape index (κ1) is 13.6. The van der Waals surface area contributed by atoms with Crippen molar-refractivity contribution in [2.45, 2.75) is 24.1 Å². The maximum atomic E-state index is 11.4. The number of rotatable bonds is 3. The van der Waals surface area contributed by atoms with Gasteiger partial charge in [-0.2, -0.15) is 0 Å². The molecule has 21 heavy (non-hydrogen) atoms. The molecule has 2 heterocycles. The van der Waals surface area contributed by atoms with E-state index in [0.717, 1.165) is 34.1 Å². The minimum Gasteiger partial charge on any atom is -0.478 e. The highest BCUT2D eigenvalue weighted by Gasteiger charge is 2.17. The van der Waals surface area contributed by atoms with Crippen molar-refractivity contribution < 1.29 is 14.3 Å². The van der Waals surface area contributed by atoms with Gasteiger partial charge in [0.05, 0.1) is 16.8 Å². The quantitative estimate of drug-likeness (QED) is 0.795. The number of carboxylic acid groups (broad SMARTS) is 1. The fourth-order valence-corrected chi connectivity index (χ4v) is 2.81. The van der Waals surface area contributed by atoms with E-state index in [1.165, 1.54) is 0 Å². The standard InChI is InChI=1S/C15H12N2O3S/c1-8-9(2)20-15(16-8)21-13-11(14(18)19)7-10-5-3-4-6-12(10)17-13/h3-7H,1-2H3,(H,18,19). The molecule has 0 fully saturated rings. The average Bonchev–Trinajstić information content (AvgIpc) is 2.76. The first-order valence-corrected chi connectivity index (χ1v) is 7.11. The molecule has 1 aromatic carbocycles. The Morgan fingerprint density at radius 2 is 2.00 bits per heavy atom. The van der Waals surface area contributed by atoms with Gasteiger partial charge in [0.15, 0.2) is 0 Å². The van der Waals surface area contributed by atoms with Crippen LogP contribution < -0.4 is 0 Å². The summed E-state index contributed by atoms with van der Waals surface area (Å²) in [4.78, 5) is 20.1. The second-order valence-corrected chi connectivity index (χ2v) is 5.50. The zero-order valence-electron chi connectivity index (χ0n) is 11.5. The van der Waals surface area contributed by atoms with Crippen LogP contribution in [0.2, 0.25) is 0 Å². The Morgan fingerprint density at radius 3 is 2.67 bits per heavy atom. The van der Waals surface area contributed by atoms with Crippen molar-refractivity contribution in [1.82, 2.24) is 9.97 Å². The fraction of sp³-hybridized carbons (Fsp3) is 0.133. The Hall–Kier alpha value is -2.34. The lowest BCUT2D eigenvalue weighted by Crippen LogP contribution is -2.01. The van der Waals surface area contributed by atoms with Gasteiger partial charge in [-0.15, -0.1) is 0 Å². The molecule has 6 heteroatoms. The van der Waals surface area contributed by atoms with Crippen LogP contribution in [0.5, 0.6) is 0 Å². The molecule has 3 aromatic rings. The number of carboxylic acids is 1. The van der Waals surface area contributed by atoms with Gasteiger partial charge in [0.25, 0.3) is 5.22 Å². The first-order valence-electron chi connectivity index (χ1n) is 6.29. The Kier molecular flexibility index (Phi) is 3.39. The molecule has 0 radical (unpaired) electrons. The van der Waals surface area contributed by atoms with Crippen LogP contribution >= 0.6 is 11.8 Å². The van der Waals surface area contributed by atoms with Crippen molar-refractivity contribution in [1.29, 1.82) is 0 Å². The van der Waals surface area contributed by atoms with Gasteiger partial charge in [0, 0.05) is 5.39 Å². The van der Waals surface area contributed by atoms with Crippen LogP contribution in [0.25, 0.3) is 10.9 Å². The molecule has 0 saturated carbocycles. The second kappa shape index (κ2) is 5.21. The topological polar surface area (TPSA) is 76.2 Å². The molecule has 0 atom stereocenters. The number of hydrogen-bond acceptors (Lipinski definition) is 5. The number of aryl methyl sites for hydroxylation is 2. The number of hydrogen-bond donors (Lipinski definition) is 1. The van der Waals surface area contributed by atoms with Gasteiger partial charge in [-0.3, -0.25) is 0 Å². The number of aromatic nitrogens is 2. The number of carbonyl (C=O) groups is 1.